The maximum absolute atomic E-state index is 14.0. The summed E-state index contributed by atoms with van der Waals surface area (Å²) in [5, 5.41) is 29.6. The maximum Gasteiger partial charge on any atom is 0.339 e. The molecular weight excluding hydrogens is 554 g/mol. The van der Waals surface area contributed by atoms with Crippen molar-refractivity contribution >= 4 is 35.0 Å². The fourth-order valence-electron chi connectivity index (χ4n) is 7.27. The predicted octanol–water partition coefficient (Wildman–Crippen LogP) is 3.78. The molecule has 4 atom stereocenters. The molecule has 3 aliphatic carbocycles. The van der Waals surface area contributed by atoms with Gasteiger partial charge in [-0.15, -0.1) is 0 Å². The van der Waals surface area contributed by atoms with Crippen LogP contribution in [0.5, 0.6) is 17.2 Å². The molecule has 0 spiro atoms. The first-order chi connectivity index (χ1) is 20.5. The summed E-state index contributed by atoms with van der Waals surface area (Å²) >= 11 is 0. The molecular formula is C33H25NO9. The number of phenols is 2. The number of Topliss-reactive ketones (excluding diaryl/α,β-unsaturated/α-hetero) is 1. The van der Waals surface area contributed by atoms with E-state index in [-0.39, 0.29) is 41.4 Å². The van der Waals surface area contributed by atoms with Crippen LogP contribution in [0.1, 0.15) is 35.7 Å². The number of carbonyl (C=O) groups excluding carboxylic acids is 4. The van der Waals surface area contributed by atoms with Crippen molar-refractivity contribution in [3.8, 4) is 17.2 Å². The summed E-state index contributed by atoms with van der Waals surface area (Å²) in [4.78, 5) is 67.0. The summed E-state index contributed by atoms with van der Waals surface area (Å²) in [5.41, 5.74) is 2.85. The van der Waals surface area contributed by atoms with Crippen LogP contribution in [0.25, 0.3) is 0 Å². The van der Waals surface area contributed by atoms with Gasteiger partial charge >= 0.3 is 5.97 Å². The summed E-state index contributed by atoms with van der Waals surface area (Å²) in [5.74, 6) is -5.65. The highest BCUT2D eigenvalue weighted by atomic mass is 16.5. The van der Waals surface area contributed by atoms with E-state index < -0.39 is 47.2 Å². The predicted molar refractivity (Wildman–Crippen MR) is 150 cm³/mol. The Morgan fingerprint density at radius 1 is 1.00 bits per heavy atom. The number of aromatic carboxylic acids is 1. The number of fused-ring (bicyclic) bond motifs is 4. The number of hydrogen-bond donors (Lipinski definition) is 3. The zero-order valence-electron chi connectivity index (χ0n) is 22.9. The zero-order valence-corrected chi connectivity index (χ0v) is 22.9. The lowest BCUT2D eigenvalue weighted by atomic mass is 9.58. The normalized spacial score (nSPS) is 26.1. The van der Waals surface area contributed by atoms with Gasteiger partial charge in [0.1, 0.15) is 22.8 Å². The first kappa shape index (κ1) is 26.6. The largest absolute Gasteiger partial charge is 0.508 e. The average Bonchev–Trinajstić information content (AvgIpc) is 3.23. The standard InChI is InChI=1S/C33H25NO9/c1-14-8-24(36)23-12-22-19(27(29(23)30(14)38)16-9-15-10-18(35)3-7-26(15)43-13-16)5-6-21-28(22)32(40)34(31(21)39)17-2-4-20(33(41)42)25(37)11-17/h2-5,7-8,10-11,13,21-22,27-28,35,37H,6,9,12H2,1H3,(H,41,42)/t21-,22+,27-,28-/m0/s1. The minimum absolute atomic E-state index is 0.0583. The Morgan fingerprint density at radius 3 is 2.53 bits per heavy atom. The van der Waals surface area contributed by atoms with Gasteiger partial charge in [0, 0.05) is 40.7 Å². The number of carbonyl (C=O) groups is 5. The van der Waals surface area contributed by atoms with E-state index in [1.165, 1.54) is 18.2 Å². The first-order valence-corrected chi connectivity index (χ1v) is 13.9. The van der Waals surface area contributed by atoms with Crippen molar-refractivity contribution < 1.29 is 44.0 Å². The van der Waals surface area contributed by atoms with Gasteiger partial charge in [-0.25, -0.2) is 9.69 Å². The Hall–Kier alpha value is -5.25. The summed E-state index contributed by atoms with van der Waals surface area (Å²) in [6.45, 7) is 1.60. The van der Waals surface area contributed by atoms with Crippen LogP contribution in [-0.4, -0.2) is 44.7 Å². The molecule has 7 rings (SSSR count). The van der Waals surface area contributed by atoms with Crippen LogP contribution in [0.4, 0.5) is 5.69 Å². The number of benzene rings is 2. The monoisotopic (exact) mass is 579 g/mol. The lowest BCUT2D eigenvalue weighted by Crippen LogP contribution is -2.41. The van der Waals surface area contributed by atoms with Crippen LogP contribution in [-0.2, 0) is 25.6 Å². The number of aromatic hydroxyl groups is 2. The summed E-state index contributed by atoms with van der Waals surface area (Å²) in [7, 11) is 0. The van der Waals surface area contributed by atoms with Crippen molar-refractivity contribution in [3.63, 3.8) is 0 Å². The van der Waals surface area contributed by atoms with E-state index in [4.69, 9.17) is 4.74 Å². The molecule has 5 aliphatic rings. The SMILES string of the molecule is CC1=CC(=O)C2=C(C1=O)[C@@H](C1=COc3ccc(O)cc3C1)C1=CC[C@@H]3C(=O)N(c4ccc(C(=O)O)c(O)c4)C(=O)[C@@H]3[C@@H]1C2. The number of allylic oxidation sites excluding steroid dienone is 7. The zero-order chi connectivity index (χ0) is 30.3. The molecule has 0 saturated carbocycles. The molecule has 2 aromatic rings. The molecule has 0 unspecified atom stereocenters. The van der Waals surface area contributed by atoms with Crippen molar-refractivity contribution in [2.24, 2.45) is 23.7 Å². The third kappa shape index (κ3) is 3.89. The Labute approximate surface area is 244 Å². The van der Waals surface area contributed by atoms with Crippen LogP contribution in [0, 0.1) is 23.7 Å². The molecule has 2 aliphatic heterocycles. The van der Waals surface area contributed by atoms with Gasteiger partial charge in [-0.1, -0.05) is 11.6 Å². The molecule has 10 nitrogen and oxygen atoms in total. The van der Waals surface area contributed by atoms with Gasteiger partial charge in [0.2, 0.25) is 11.8 Å². The number of ketones is 2. The van der Waals surface area contributed by atoms with Crippen molar-refractivity contribution in [1.29, 1.82) is 0 Å². The Bertz CT molecular complexity index is 1840. The van der Waals surface area contributed by atoms with Gasteiger partial charge in [-0.3, -0.25) is 19.2 Å². The van der Waals surface area contributed by atoms with Crippen molar-refractivity contribution in [3.05, 3.63) is 93.8 Å². The fraction of sp³-hybridized carbons (Fsp3) is 0.242. The first-order valence-electron chi connectivity index (χ1n) is 13.9. The summed E-state index contributed by atoms with van der Waals surface area (Å²) in [6.07, 6.45) is 5.43. The topological polar surface area (TPSA) is 159 Å². The molecule has 43 heavy (non-hydrogen) atoms. The molecule has 3 N–H and O–H groups in total. The molecule has 2 amide bonds. The van der Waals surface area contributed by atoms with Gasteiger partial charge in [-0.2, -0.15) is 0 Å². The molecule has 1 fully saturated rings. The van der Waals surface area contributed by atoms with Gasteiger partial charge in [0.25, 0.3) is 0 Å². The maximum atomic E-state index is 14.0. The highest BCUT2D eigenvalue weighted by molar-refractivity contribution is 6.25. The number of carboxylic acids is 1. The second kappa shape index (κ2) is 9.38. The van der Waals surface area contributed by atoms with Crippen LogP contribution in [0.3, 0.4) is 0 Å². The van der Waals surface area contributed by atoms with Crippen LogP contribution in [0.2, 0.25) is 0 Å². The van der Waals surface area contributed by atoms with E-state index in [1.54, 1.807) is 25.3 Å². The molecule has 1 saturated heterocycles. The van der Waals surface area contributed by atoms with Gasteiger partial charge in [0.15, 0.2) is 11.6 Å². The minimum Gasteiger partial charge on any atom is -0.508 e. The lowest BCUT2D eigenvalue weighted by Gasteiger charge is -2.43. The highest BCUT2D eigenvalue weighted by Gasteiger charge is 2.57. The third-order valence-corrected chi connectivity index (χ3v) is 9.18. The van der Waals surface area contributed by atoms with E-state index in [0.29, 0.717) is 40.0 Å². The van der Waals surface area contributed by atoms with Crippen LogP contribution >= 0.6 is 0 Å². The lowest BCUT2D eigenvalue weighted by molar-refractivity contribution is -0.123. The van der Waals surface area contributed by atoms with E-state index in [2.05, 4.69) is 0 Å². The van der Waals surface area contributed by atoms with Crippen molar-refractivity contribution in [1.82, 2.24) is 0 Å². The number of hydrogen-bond acceptors (Lipinski definition) is 8. The van der Waals surface area contributed by atoms with Gasteiger partial charge in [-0.05, 0) is 67.7 Å². The molecule has 0 bridgehead atoms. The number of rotatable bonds is 3. The molecule has 10 heteroatoms. The number of anilines is 1. The number of phenolic OH excluding ortho intramolecular Hbond substituents is 1. The quantitative estimate of drug-likeness (QED) is 0.279. The molecule has 2 aromatic carbocycles. The second-order valence-corrected chi connectivity index (χ2v) is 11.5. The van der Waals surface area contributed by atoms with Crippen molar-refractivity contribution in [2.75, 3.05) is 4.90 Å². The van der Waals surface area contributed by atoms with Crippen LogP contribution in [0.15, 0.2) is 82.7 Å². The van der Waals surface area contributed by atoms with E-state index in [9.17, 15) is 39.3 Å². The van der Waals surface area contributed by atoms with E-state index in [0.717, 1.165) is 22.6 Å². The van der Waals surface area contributed by atoms with E-state index >= 15 is 0 Å². The number of amides is 2. The molecule has 0 aromatic heterocycles. The average molecular weight is 580 g/mol. The summed E-state index contributed by atoms with van der Waals surface area (Å²) in [6, 6.07) is 8.28. The Balaban J connectivity index is 1.31. The number of ether oxygens (including phenoxy) is 1. The molecule has 0 radical (unpaired) electrons. The summed E-state index contributed by atoms with van der Waals surface area (Å²) < 4.78 is 5.90. The van der Waals surface area contributed by atoms with Crippen LogP contribution < -0.4 is 9.64 Å². The van der Waals surface area contributed by atoms with E-state index in [1.807, 2.05) is 6.08 Å². The highest BCUT2D eigenvalue weighted by Crippen LogP contribution is 2.55. The Kier molecular flexibility index (Phi) is 5.81. The third-order valence-electron chi connectivity index (χ3n) is 9.18. The smallest absolute Gasteiger partial charge is 0.339 e. The minimum atomic E-state index is -1.35. The number of nitrogens with zero attached hydrogens (tertiary/aromatic N) is 1. The molecule has 216 valence electrons. The number of imide groups is 1. The number of carboxylic acid groups (broad SMARTS) is 1. The van der Waals surface area contributed by atoms with Gasteiger partial charge < -0.3 is 20.1 Å². The second-order valence-electron chi connectivity index (χ2n) is 11.5. The Morgan fingerprint density at radius 2 is 1.79 bits per heavy atom. The fourth-order valence-corrected chi connectivity index (χ4v) is 7.27. The van der Waals surface area contributed by atoms with Crippen molar-refractivity contribution in [2.45, 2.75) is 26.2 Å². The molecule has 2 heterocycles. The van der Waals surface area contributed by atoms with Gasteiger partial charge in [0.05, 0.1) is 23.8 Å².